The molecular formula is C19H18N2O5S. The number of amides is 1. The third kappa shape index (κ3) is 4.01. The number of anilines is 1. The van der Waals surface area contributed by atoms with Gasteiger partial charge in [0.2, 0.25) is 0 Å². The second-order valence-corrected chi connectivity index (χ2v) is 6.47. The first kappa shape index (κ1) is 18.7. The molecule has 3 rings (SSSR count). The highest BCUT2D eigenvalue weighted by molar-refractivity contribution is 7.22. The Morgan fingerprint density at radius 3 is 2.63 bits per heavy atom. The normalized spacial score (nSPS) is 10.5. The third-order valence-corrected chi connectivity index (χ3v) is 4.70. The maximum Gasteiger partial charge on any atom is 0.338 e. The van der Waals surface area contributed by atoms with Gasteiger partial charge in [-0.15, -0.1) is 0 Å². The molecule has 0 spiro atoms. The first-order chi connectivity index (χ1) is 13.0. The molecule has 0 bridgehead atoms. The Labute approximate surface area is 159 Å². The second kappa shape index (κ2) is 8.05. The zero-order valence-electron chi connectivity index (χ0n) is 15.1. The molecule has 0 fully saturated rings. The number of hydrogen-bond acceptors (Lipinski definition) is 7. The summed E-state index contributed by atoms with van der Waals surface area (Å²) >= 11 is 1.27. The van der Waals surface area contributed by atoms with Crippen molar-refractivity contribution >= 4 is 38.6 Å². The van der Waals surface area contributed by atoms with Gasteiger partial charge >= 0.3 is 5.97 Å². The first-order valence-electron chi connectivity index (χ1n) is 8.16. The van der Waals surface area contributed by atoms with Gasteiger partial charge < -0.3 is 14.2 Å². The highest BCUT2D eigenvalue weighted by Crippen LogP contribution is 2.29. The van der Waals surface area contributed by atoms with Gasteiger partial charge in [0.15, 0.2) is 5.13 Å². The van der Waals surface area contributed by atoms with Gasteiger partial charge in [0.1, 0.15) is 11.5 Å². The molecule has 1 aromatic heterocycles. The molecule has 7 nitrogen and oxygen atoms in total. The molecule has 1 heterocycles. The van der Waals surface area contributed by atoms with Crippen molar-refractivity contribution in [2.24, 2.45) is 0 Å². The van der Waals surface area contributed by atoms with Crippen LogP contribution in [0.2, 0.25) is 0 Å². The fourth-order valence-corrected chi connectivity index (χ4v) is 3.38. The topological polar surface area (TPSA) is 86.8 Å². The Morgan fingerprint density at radius 1 is 1.11 bits per heavy atom. The molecule has 0 aliphatic carbocycles. The van der Waals surface area contributed by atoms with Crippen molar-refractivity contribution in [2.75, 3.05) is 26.1 Å². The largest absolute Gasteiger partial charge is 0.497 e. The molecule has 1 N–H and O–H groups in total. The van der Waals surface area contributed by atoms with Crippen LogP contribution in [0.3, 0.4) is 0 Å². The summed E-state index contributed by atoms with van der Waals surface area (Å²) in [6.07, 6.45) is 0. The van der Waals surface area contributed by atoms with Crippen LogP contribution >= 0.6 is 11.3 Å². The van der Waals surface area contributed by atoms with E-state index in [1.807, 2.05) is 0 Å². The van der Waals surface area contributed by atoms with Crippen LogP contribution in [0.5, 0.6) is 11.5 Å². The Hall–Kier alpha value is -3.13. The van der Waals surface area contributed by atoms with Crippen LogP contribution < -0.4 is 14.8 Å². The average Bonchev–Trinajstić information content (AvgIpc) is 3.08. The Balaban J connectivity index is 1.86. The van der Waals surface area contributed by atoms with Crippen molar-refractivity contribution < 1.29 is 23.8 Å². The van der Waals surface area contributed by atoms with Crippen LogP contribution in [0, 0.1) is 0 Å². The number of methoxy groups -OCH3 is 2. The number of nitrogens with one attached hydrogen (secondary N) is 1. The van der Waals surface area contributed by atoms with E-state index in [2.05, 4.69) is 10.3 Å². The van der Waals surface area contributed by atoms with Gasteiger partial charge in [0, 0.05) is 0 Å². The van der Waals surface area contributed by atoms with Gasteiger partial charge in [-0.1, -0.05) is 11.3 Å². The molecule has 1 amide bonds. The molecular weight excluding hydrogens is 368 g/mol. The highest BCUT2D eigenvalue weighted by Gasteiger charge is 2.16. The molecule has 0 radical (unpaired) electrons. The summed E-state index contributed by atoms with van der Waals surface area (Å²) in [5.74, 6) is 0.221. The standard InChI is InChI=1S/C19H18N2O5S/c1-4-26-18(23)11-5-7-14-16(9-11)27-19(20-14)21-17(22)13-10-12(24-2)6-8-15(13)25-3/h5-10H,4H2,1-3H3,(H,20,21,22). The van der Waals surface area contributed by atoms with E-state index < -0.39 is 0 Å². The molecule has 0 aliphatic heterocycles. The van der Waals surface area contributed by atoms with Crippen molar-refractivity contribution in [1.82, 2.24) is 4.98 Å². The smallest absolute Gasteiger partial charge is 0.338 e. The molecule has 0 saturated heterocycles. The maximum atomic E-state index is 12.6. The van der Waals surface area contributed by atoms with Crippen LogP contribution in [0.1, 0.15) is 27.6 Å². The molecule has 8 heteroatoms. The number of hydrogen-bond donors (Lipinski definition) is 1. The number of benzene rings is 2. The van der Waals surface area contributed by atoms with E-state index in [4.69, 9.17) is 14.2 Å². The quantitative estimate of drug-likeness (QED) is 0.650. The molecule has 0 atom stereocenters. The average molecular weight is 386 g/mol. The predicted molar refractivity (Wildman–Crippen MR) is 103 cm³/mol. The lowest BCUT2D eigenvalue weighted by atomic mass is 10.1. The zero-order valence-corrected chi connectivity index (χ0v) is 15.9. The second-order valence-electron chi connectivity index (χ2n) is 5.44. The maximum absolute atomic E-state index is 12.6. The summed E-state index contributed by atoms with van der Waals surface area (Å²) < 4.78 is 16.2. The van der Waals surface area contributed by atoms with E-state index in [1.54, 1.807) is 43.3 Å². The molecule has 27 heavy (non-hydrogen) atoms. The molecule has 3 aromatic rings. The number of rotatable bonds is 6. The van der Waals surface area contributed by atoms with Crippen LogP contribution in [0.15, 0.2) is 36.4 Å². The van der Waals surface area contributed by atoms with E-state index in [0.29, 0.717) is 39.9 Å². The first-order valence-corrected chi connectivity index (χ1v) is 8.98. The summed E-state index contributed by atoms with van der Waals surface area (Å²) in [5.41, 5.74) is 1.46. The van der Waals surface area contributed by atoms with E-state index in [1.165, 1.54) is 25.6 Å². The van der Waals surface area contributed by atoms with Crippen molar-refractivity contribution in [2.45, 2.75) is 6.92 Å². The fourth-order valence-electron chi connectivity index (χ4n) is 2.48. The Kier molecular flexibility index (Phi) is 5.56. The summed E-state index contributed by atoms with van der Waals surface area (Å²) in [4.78, 5) is 28.9. The van der Waals surface area contributed by atoms with E-state index in [9.17, 15) is 9.59 Å². The third-order valence-electron chi connectivity index (χ3n) is 3.77. The molecule has 0 unspecified atom stereocenters. The summed E-state index contributed by atoms with van der Waals surface area (Å²) in [7, 11) is 3.02. The number of aromatic nitrogens is 1. The molecule has 2 aromatic carbocycles. The van der Waals surface area contributed by atoms with Gasteiger partial charge in [-0.3, -0.25) is 10.1 Å². The van der Waals surface area contributed by atoms with Crippen LogP contribution in [0.4, 0.5) is 5.13 Å². The summed E-state index contributed by atoms with van der Waals surface area (Å²) in [5, 5.41) is 3.18. The summed E-state index contributed by atoms with van der Waals surface area (Å²) in [6.45, 7) is 2.06. The lowest BCUT2D eigenvalue weighted by molar-refractivity contribution is 0.0526. The number of carbonyl (C=O) groups is 2. The van der Waals surface area contributed by atoms with Crippen LogP contribution in [-0.2, 0) is 4.74 Å². The molecule has 0 aliphatic rings. The van der Waals surface area contributed by atoms with E-state index in [-0.39, 0.29) is 11.9 Å². The van der Waals surface area contributed by atoms with Crippen molar-refractivity contribution in [3.05, 3.63) is 47.5 Å². The minimum atomic E-state index is -0.389. The number of ether oxygens (including phenoxy) is 3. The van der Waals surface area contributed by atoms with Gasteiger partial charge in [-0.25, -0.2) is 9.78 Å². The van der Waals surface area contributed by atoms with Crippen LogP contribution in [-0.4, -0.2) is 37.7 Å². The number of thiazole rings is 1. The minimum Gasteiger partial charge on any atom is -0.497 e. The SMILES string of the molecule is CCOC(=O)c1ccc2nc(NC(=O)c3cc(OC)ccc3OC)sc2c1. The number of esters is 1. The lowest BCUT2D eigenvalue weighted by Gasteiger charge is -2.09. The monoisotopic (exact) mass is 386 g/mol. The summed E-state index contributed by atoms with van der Waals surface area (Å²) in [6, 6.07) is 10.0. The Morgan fingerprint density at radius 2 is 1.93 bits per heavy atom. The Bertz CT molecular complexity index is 999. The fraction of sp³-hybridized carbons (Fsp3) is 0.211. The van der Waals surface area contributed by atoms with Crippen molar-refractivity contribution in [3.63, 3.8) is 0 Å². The highest BCUT2D eigenvalue weighted by atomic mass is 32.1. The number of carbonyl (C=O) groups excluding carboxylic acids is 2. The molecule has 0 saturated carbocycles. The molecule has 140 valence electrons. The number of fused-ring (bicyclic) bond motifs is 1. The van der Waals surface area contributed by atoms with Gasteiger partial charge in [0.25, 0.3) is 5.91 Å². The van der Waals surface area contributed by atoms with E-state index in [0.717, 1.165) is 4.70 Å². The van der Waals surface area contributed by atoms with Gasteiger partial charge in [-0.05, 0) is 43.3 Å². The van der Waals surface area contributed by atoms with Gasteiger partial charge in [0.05, 0.1) is 42.2 Å². The predicted octanol–water partition coefficient (Wildman–Crippen LogP) is 3.74. The van der Waals surface area contributed by atoms with Crippen LogP contribution in [0.25, 0.3) is 10.2 Å². The minimum absolute atomic E-state index is 0.309. The number of nitrogens with zero attached hydrogens (tertiary/aromatic N) is 1. The van der Waals surface area contributed by atoms with E-state index >= 15 is 0 Å². The van der Waals surface area contributed by atoms with Crippen molar-refractivity contribution in [1.29, 1.82) is 0 Å². The van der Waals surface area contributed by atoms with Crippen molar-refractivity contribution in [3.8, 4) is 11.5 Å². The van der Waals surface area contributed by atoms with Gasteiger partial charge in [-0.2, -0.15) is 0 Å². The zero-order chi connectivity index (χ0) is 19.4. The lowest BCUT2D eigenvalue weighted by Crippen LogP contribution is -2.13.